The summed E-state index contributed by atoms with van der Waals surface area (Å²) in [7, 11) is 1.37. The molecule has 1 rings (SSSR count). The van der Waals surface area contributed by atoms with Crippen molar-refractivity contribution in [3.8, 4) is 5.75 Å². The zero-order chi connectivity index (χ0) is 13.5. The predicted octanol–water partition coefficient (Wildman–Crippen LogP) is 0.330. The minimum Gasteiger partial charge on any atom is -0.494 e. The van der Waals surface area contributed by atoms with Gasteiger partial charge < -0.3 is 26.3 Å². The van der Waals surface area contributed by atoms with Crippen molar-refractivity contribution < 1.29 is 18.7 Å². The summed E-state index contributed by atoms with van der Waals surface area (Å²) in [6.07, 6.45) is 0. The molecule has 5 N–H and O–H groups in total. The molecule has 0 heterocycles. The number of ether oxygens (including phenoxy) is 2. The van der Waals surface area contributed by atoms with Crippen LogP contribution in [0, 0.1) is 5.82 Å². The van der Waals surface area contributed by atoms with Gasteiger partial charge in [-0.3, -0.25) is 4.79 Å². The molecule has 7 heteroatoms. The van der Waals surface area contributed by atoms with Gasteiger partial charge in [-0.05, 0) is 0 Å². The zero-order valence-corrected chi connectivity index (χ0v) is 10.0. The Morgan fingerprint density at radius 1 is 1.50 bits per heavy atom. The molecule has 0 spiro atoms. The summed E-state index contributed by atoms with van der Waals surface area (Å²) in [5, 5.41) is 2.94. The first-order valence-electron chi connectivity index (χ1n) is 5.27. The molecule has 0 aliphatic carbocycles. The third-order valence-electron chi connectivity index (χ3n) is 2.13. The van der Waals surface area contributed by atoms with E-state index in [4.69, 9.17) is 20.9 Å². The number of hydrogen-bond acceptors (Lipinski definition) is 5. The van der Waals surface area contributed by atoms with Crippen molar-refractivity contribution in [3.05, 3.63) is 17.9 Å². The number of methoxy groups -OCH3 is 1. The van der Waals surface area contributed by atoms with Crippen molar-refractivity contribution in [2.24, 2.45) is 5.73 Å². The lowest BCUT2D eigenvalue weighted by Crippen LogP contribution is -2.20. The molecule has 0 aliphatic rings. The van der Waals surface area contributed by atoms with Gasteiger partial charge in [0.25, 0.3) is 0 Å². The molecule has 0 radical (unpaired) electrons. The van der Waals surface area contributed by atoms with Crippen LogP contribution >= 0.6 is 0 Å². The first-order valence-corrected chi connectivity index (χ1v) is 5.27. The van der Waals surface area contributed by atoms with Gasteiger partial charge in [0.15, 0.2) is 11.6 Å². The maximum Gasteiger partial charge on any atom is 0.243 e. The quantitative estimate of drug-likeness (QED) is 0.483. The number of anilines is 2. The van der Waals surface area contributed by atoms with Crippen molar-refractivity contribution in [2.75, 3.05) is 37.9 Å². The molecule has 0 saturated heterocycles. The number of carbonyl (C=O) groups is 1. The Hall–Kier alpha value is -2.02. The van der Waals surface area contributed by atoms with Gasteiger partial charge in [-0.1, -0.05) is 0 Å². The normalized spacial score (nSPS) is 10.1. The fourth-order valence-corrected chi connectivity index (χ4v) is 1.31. The van der Waals surface area contributed by atoms with E-state index in [1.807, 2.05) is 0 Å². The average Bonchev–Trinajstić information content (AvgIpc) is 2.30. The second-order valence-corrected chi connectivity index (χ2v) is 3.52. The van der Waals surface area contributed by atoms with Gasteiger partial charge in [0.1, 0.15) is 6.61 Å². The molecule has 0 fully saturated rings. The van der Waals surface area contributed by atoms with Gasteiger partial charge in [0, 0.05) is 18.7 Å². The lowest BCUT2D eigenvalue weighted by atomic mass is 10.2. The van der Waals surface area contributed by atoms with Crippen LogP contribution in [-0.4, -0.2) is 32.8 Å². The first-order chi connectivity index (χ1) is 8.54. The summed E-state index contributed by atoms with van der Waals surface area (Å²) in [4.78, 5) is 10.4. The SMILES string of the molecule is COc1cc(NCCOCC(N)=O)c(N)cc1F. The summed E-state index contributed by atoms with van der Waals surface area (Å²) in [6, 6.07) is 2.63. The minimum absolute atomic E-state index is 0.102. The van der Waals surface area contributed by atoms with E-state index in [2.05, 4.69) is 5.32 Å². The number of benzene rings is 1. The highest BCUT2D eigenvalue weighted by Gasteiger charge is 2.07. The fraction of sp³-hybridized carbons (Fsp3) is 0.364. The van der Waals surface area contributed by atoms with Crippen molar-refractivity contribution in [1.82, 2.24) is 0 Å². The molecular weight excluding hydrogens is 241 g/mol. The number of carbonyl (C=O) groups excluding carboxylic acids is 1. The van der Waals surface area contributed by atoms with Crippen LogP contribution in [0.3, 0.4) is 0 Å². The summed E-state index contributed by atoms with van der Waals surface area (Å²) >= 11 is 0. The molecule has 0 unspecified atom stereocenters. The molecule has 100 valence electrons. The number of primary amides is 1. The van der Waals surface area contributed by atoms with E-state index in [9.17, 15) is 9.18 Å². The highest BCUT2D eigenvalue weighted by atomic mass is 19.1. The summed E-state index contributed by atoms with van der Waals surface area (Å²) < 4.78 is 23.0. The molecule has 0 aliphatic heterocycles. The topological polar surface area (TPSA) is 99.6 Å². The van der Waals surface area contributed by atoms with Crippen molar-refractivity contribution in [1.29, 1.82) is 0 Å². The maximum absolute atomic E-state index is 13.3. The molecule has 6 nitrogen and oxygen atoms in total. The van der Waals surface area contributed by atoms with Crippen molar-refractivity contribution in [3.63, 3.8) is 0 Å². The predicted molar refractivity (Wildman–Crippen MR) is 65.9 cm³/mol. The lowest BCUT2D eigenvalue weighted by Gasteiger charge is -2.11. The molecule has 1 amide bonds. The number of amides is 1. The Balaban J connectivity index is 2.49. The van der Waals surface area contributed by atoms with Crippen molar-refractivity contribution in [2.45, 2.75) is 0 Å². The third-order valence-corrected chi connectivity index (χ3v) is 2.13. The van der Waals surface area contributed by atoms with E-state index < -0.39 is 11.7 Å². The Morgan fingerprint density at radius 2 is 2.22 bits per heavy atom. The zero-order valence-electron chi connectivity index (χ0n) is 10.0. The molecule has 0 bridgehead atoms. The number of nitrogens with two attached hydrogens (primary N) is 2. The number of nitrogen functional groups attached to an aromatic ring is 1. The largest absolute Gasteiger partial charge is 0.494 e. The lowest BCUT2D eigenvalue weighted by molar-refractivity contribution is -0.122. The van der Waals surface area contributed by atoms with Gasteiger partial charge >= 0.3 is 0 Å². The second-order valence-electron chi connectivity index (χ2n) is 3.52. The minimum atomic E-state index is -0.530. The van der Waals surface area contributed by atoms with Crippen LogP contribution in [0.15, 0.2) is 12.1 Å². The van der Waals surface area contributed by atoms with Crippen LogP contribution in [0.5, 0.6) is 5.75 Å². The van der Waals surface area contributed by atoms with Crippen LogP contribution < -0.4 is 21.5 Å². The number of nitrogens with one attached hydrogen (secondary N) is 1. The van der Waals surface area contributed by atoms with Crippen LogP contribution in [0.2, 0.25) is 0 Å². The fourth-order valence-electron chi connectivity index (χ4n) is 1.31. The van der Waals surface area contributed by atoms with Gasteiger partial charge in [-0.2, -0.15) is 0 Å². The number of hydrogen-bond donors (Lipinski definition) is 3. The summed E-state index contributed by atoms with van der Waals surface area (Å²) in [6.45, 7) is 0.554. The molecule has 1 aromatic rings. The first kappa shape index (κ1) is 14.0. The van der Waals surface area contributed by atoms with Crippen LogP contribution in [0.25, 0.3) is 0 Å². The van der Waals surface area contributed by atoms with E-state index >= 15 is 0 Å². The van der Waals surface area contributed by atoms with Crippen molar-refractivity contribution >= 4 is 17.3 Å². The van der Waals surface area contributed by atoms with E-state index in [1.54, 1.807) is 0 Å². The number of rotatable bonds is 7. The Bertz CT molecular complexity index is 426. The third kappa shape index (κ3) is 4.10. The summed E-state index contributed by atoms with van der Waals surface area (Å²) in [5.74, 6) is -0.951. The second kappa shape index (κ2) is 6.65. The number of halogens is 1. The smallest absolute Gasteiger partial charge is 0.243 e. The van der Waals surface area contributed by atoms with Gasteiger partial charge in [-0.25, -0.2) is 4.39 Å². The highest BCUT2D eigenvalue weighted by molar-refractivity contribution is 5.75. The van der Waals surface area contributed by atoms with Gasteiger partial charge in [0.05, 0.1) is 25.1 Å². The molecule has 0 saturated carbocycles. The van der Waals surface area contributed by atoms with Crippen LogP contribution in [0.1, 0.15) is 0 Å². The van der Waals surface area contributed by atoms with E-state index in [-0.39, 0.29) is 24.7 Å². The van der Waals surface area contributed by atoms with Gasteiger partial charge in [-0.15, -0.1) is 0 Å². The maximum atomic E-state index is 13.3. The standard InChI is InChI=1S/C11H16FN3O3/c1-17-10-5-9(8(13)4-7(10)12)15-2-3-18-6-11(14)16/h4-5,15H,2-3,6,13H2,1H3,(H2,14,16). The Morgan fingerprint density at radius 3 is 2.83 bits per heavy atom. The average molecular weight is 257 g/mol. The van der Waals surface area contributed by atoms with E-state index in [1.165, 1.54) is 19.2 Å². The molecule has 0 atom stereocenters. The highest BCUT2D eigenvalue weighted by Crippen LogP contribution is 2.27. The monoisotopic (exact) mass is 257 g/mol. The molecular formula is C11H16FN3O3. The van der Waals surface area contributed by atoms with Gasteiger partial charge in [0.2, 0.25) is 5.91 Å². The molecule has 1 aromatic carbocycles. The Kier molecular flexibility index (Phi) is 5.19. The molecule has 18 heavy (non-hydrogen) atoms. The van der Waals surface area contributed by atoms with Crippen LogP contribution in [-0.2, 0) is 9.53 Å². The van der Waals surface area contributed by atoms with Crippen LogP contribution in [0.4, 0.5) is 15.8 Å². The summed E-state index contributed by atoms with van der Waals surface area (Å²) in [5.41, 5.74) is 11.3. The Labute approximate surface area is 104 Å². The van der Waals surface area contributed by atoms with E-state index in [0.717, 1.165) is 0 Å². The molecule has 0 aromatic heterocycles. The van der Waals surface area contributed by atoms with E-state index in [0.29, 0.717) is 12.2 Å².